The van der Waals surface area contributed by atoms with Crippen molar-refractivity contribution in [3.8, 4) is 0 Å². The maximum absolute atomic E-state index is 11.2. The molecule has 2 atom stereocenters. The number of hydrogen-bond donors (Lipinski definition) is 3. The molecule has 1 saturated heterocycles. The molecule has 2 amide bonds. The fourth-order valence-corrected chi connectivity index (χ4v) is 1.64. The standard InChI is InChI=1S/C9H17N3O2.ClH/c1-6-5-11-3-2-7(6)12-9(14)4-8(10)13;/h6-7,11H,2-5H2,1H3,(H2,10,13)(H,12,14);1H. The summed E-state index contributed by atoms with van der Waals surface area (Å²) >= 11 is 0. The Labute approximate surface area is 95.6 Å². The summed E-state index contributed by atoms with van der Waals surface area (Å²) in [5, 5.41) is 6.06. The molecule has 0 saturated carbocycles. The Morgan fingerprint density at radius 3 is 2.73 bits per heavy atom. The lowest BCUT2D eigenvalue weighted by Crippen LogP contribution is -2.48. The van der Waals surface area contributed by atoms with Gasteiger partial charge in [0.15, 0.2) is 0 Å². The smallest absolute Gasteiger partial charge is 0.229 e. The molecular weight excluding hydrogens is 218 g/mol. The fraction of sp³-hybridized carbons (Fsp3) is 0.778. The Bertz CT molecular complexity index is 235. The second kappa shape index (κ2) is 6.63. The van der Waals surface area contributed by atoms with Gasteiger partial charge >= 0.3 is 0 Å². The lowest BCUT2D eigenvalue weighted by atomic mass is 9.95. The molecule has 1 aliphatic heterocycles. The first kappa shape index (κ1) is 14.2. The summed E-state index contributed by atoms with van der Waals surface area (Å²) in [5.74, 6) is -0.444. The van der Waals surface area contributed by atoms with Gasteiger partial charge in [-0.2, -0.15) is 0 Å². The van der Waals surface area contributed by atoms with Gasteiger partial charge < -0.3 is 16.4 Å². The SMILES string of the molecule is CC1CNCCC1NC(=O)CC(N)=O.Cl. The average molecular weight is 236 g/mol. The highest BCUT2D eigenvalue weighted by Gasteiger charge is 2.22. The first-order chi connectivity index (χ1) is 6.59. The predicted octanol–water partition coefficient (Wildman–Crippen LogP) is -0.602. The maximum atomic E-state index is 11.2. The second-order valence-corrected chi connectivity index (χ2v) is 3.79. The van der Waals surface area contributed by atoms with Crippen molar-refractivity contribution >= 4 is 24.2 Å². The van der Waals surface area contributed by atoms with Crippen LogP contribution < -0.4 is 16.4 Å². The van der Waals surface area contributed by atoms with Crippen LogP contribution in [0.5, 0.6) is 0 Å². The number of rotatable bonds is 3. The number of amides is 2. The van der Waals surface area contributed by atoms with Crippen molar-refractivity contribution in [1.29, 1.82) is 0 Å². The molecule has 2 unspecified atom stereocenters. The van der Waals surface area contributed by atoms with Crippen molar-refractivity contribution < 1.29 is 9.59 Å². The number of halogens is 1. The summed E-state index contributed by atoms with van der Waals surface area (Å²) in [6.45, 7) is 3.88. The number of piperidine rings is 1. The van der Waals surface area contributed by atoms with E-state index in [4.69, 9.17) is 5.73 Å². The van der Waals surface area contributed by atoms with Gasteiger partial charge in [0, 0.05) is 6.04 Å². The number of hydrogen-bond acceptors (Lipinski definition) is 3. The van der Waals surface area contributed by atoms with Gasteiger partial charge in [-0.3, -0.25) is 9.59 Å². The predicted molar refractivity (Wildman–Crippen MR) is 59.6 cm³/mol. The van der Waals surface area contributed by atoms with Crippen LogP contribution in [0.3, 0.4) is 0 Å². The van der Waals surface area contributed by atoms with E-state index >= 15 is 0 Å². The first-order valence-electron chi connectivity index (χ1n) is 4.88. The van der Waals surface area contributed by atoms with Gasteiger partial charge in [0.05, 0.1) is 0 Å². The Hall–Kier alpha value is -0.810. The van der Waals surface area contributed by atoms with Crippen molar-refractivity contribution in [3.63, 3.8) is 0 Å². The number of nitrogens with one attached hydrogen (secondary N) is 2. The zero-order valence-corrected chi connectivity index (χ0v) is 9.60. The molecule has 6 heteroatoms. The Balaban J connectivity index is 0.00000196. The van der Waals surface area contributed by atoms with E-state index in [0.29, 0.717) is 5.92 Å². The van der Waals surface area contributed by atoms with Crippen LogP contribution >= 0.6 is 12.4 Å². The number of carbonyl (C=O) groups is 2. The molecule has 88 valence electrons. The molecule has 0 aromatic carbocycles. The summed E-state index contributed by atoms with van der Waals surface area (Å²) in [6, 6.07) is 0.170. The van der Waals surface area contributed by atoms with Crippen LogP contribution in [0.2, 0.25) is 0 Å². The van der Waals surface area contributed by atoms with E-state index in [1.807, 2.05) is 0 Å². The normalized spacial score (nSPS) is 25.1. The van der Waals surface area contributed by atoms with Gasteiger partial charge in [-0.25, -0.2) is 0 Å². The third-order valence-corrected chi connectivity index (χ3v) is 2.47. The highest BCUT2D eigenvalue weighted by atomic mass is 35.5. The number of carbonyl (C=O) groups excluding carboxylic acids is 2. The highest BCUT2D eigenvalue weighted by Crippen LogP contribution is 2.10. The van der Waals surface area contributed by atoms with E-state index in [0.717, 1.165) is 19.5 Å². The van der Waals surface area contributed by atoms with Crippen LogP contribution in [0.1, 0.15) is 19.8 Å². The van der Waals surface area contributed by atoms with Crippen molar-refractivity contribution in [1.82, 2.24) is 10.6 Å². The Morgan fingerprint density at radius 1 is 1.53 bits per heavy atom. The third-order valence-electron chi connectivity index (χ3n) is 2.47. The maximum Gasteiger partial charge on any atom is 0.229 e. The summed E-state index contributed by atoms with van der Waals surface area (Å²) in [7, 11) is 0. The van der Waals surface area contributed by atoms with E-state index < -0.39 is 5.91 Å². The molecular formula is C9H18ClN3O2. The third kappa shape index (κ3) is 4.99. The van der Waals surface area contributed by atoms with Crippen molar-refractivity contribution in [2.45, 2.75) is 25.8 Å². The van der Waals surface area contributed by atoms with E-state index in [9.17, 15) is 9.59 Å². The lowest BCUT2D eigenvalue weighted by molar-refractivity contribution is -0.128. The van der Waals surface area contributed by atoms with Crippen molar-refractivity contribution in [3.05, 3.63) is 0 Å². The summed E-state index contributed by atoms with van der Waals surface area (Å²) in [5.41, 5.74) is 4.92. The van der Waals surface area contributed by atoms with Crippen LogP contribution in [0.15, 0.2) is 0 Å². The zero-order chi connectivity index (χ0) is 10.6. The molecule has 0 aromatic rings. The van der Waals surface area contributed by atoms with Gasteiger partial charge in [0.2, 0.25) is 11.8 Å². The molecule has 0 aliphatic carbocycles. The Morgan fingerprint density at radius 2 is 2.20 bits per heavy atom. The first-order valence-corrected chi connectivity index (χ1v) is 4.88. The largest absolute Gasteiger partial charge is 0.369 e. The second-order valence-electron chi connectivity index (χ2n) is 3.79. The lowest BCUT2D eigenvalue weighted by Gasteiger charge is -2.30. The van der Waals surface area contributed by atoms with Crippen LogP contribution in [0, 0.1) is 5.92 Å². The van der Waals surface area contributed by atoms with E-state index in [-0.39, 0.29) is 30.8 Å². The molecule has 1 rings (SSSR count). The summed E-state index contributed by atoms with van der Waals surface area (Å²) in [6.07, 6.45) is 0.697. The number of primary amides is 1. The van der Waals surface area contributed by atoms with Gasteiger partial charge in [-0.05, 0) is 25.4 Å². The highest BCUT2D eigenvalue weighted by molar-refractivity contribution is 5.96. The Kier molecular flexibility index (Phi) is 6.27. The van der Waals surface area contributed by atoms with Gasteiger partial charge in [0.1, 0.15) is 6.42 Å². The molecule has 0 aromatic heterocycles. The molecule has 1 aliphatic rings. The van der Waals surface area contributed by atoms with Gasteiger partial charge in [-0.15, -0.1) is 12.4 Å². The zero-order valence-electron chi connectivity index (χ0n) is 8.79. The van der Waals surface area contributed by atoms with Crippen LogP contribution in [0.25, 0.3) is 0 Å². The van der Waals surface area contributed by atoms with E-state index in [2.05, 4.69) is 17.6 Å². The van der Waals surface area contributed by atoms with Crippen LogP contribution in [0.4, 0.5) is 0 Å². The van der Waals surface area contributed by atoms with Crippen molar-refractivity contribution in [2.75, 3.05) is 13.1 Å². The van der Waals surface area contributed by atoms with E-state index in [1.165, 1.54) is 0 Å². The molecule has 15 heavy (non-hydrogen) atoms. The topological polar surface area (TPSA) is 84.2 Å². The van der Waals surface area contributed by atoms with E-state index in [1.54, 1.807) is 0 Å². The summed E-state index contributed by atoms with van der Waals surface area (Å²) < 4.78 is 0. The fourth-order valence-electron chi connectivity index (χ4n) is 1.64. The van der Waals surface area contributed by atoms with Crippen LogP contribution in [-0.2, 0) is 9.59 Å². The molecule has 5 nitrogen and oxygen atoms in total. The molecule has 4 N–H and O–H groups in total. The van der Waals surface area contributed by atoms with Gasteiger partial charge in [-0.1, -0.05) is 6.92 Å². The van der Waals surface area contributed by atoms with Crippen molar-refractivity contribution in [2.24, 2.45) is 11.7 Å². The monoisotopic (exact) mass is 235 g/mol. The molecule has 1 fully saturated rings. The minimum atomic E-state index is -0.580. The minimum absolute atomic E-state index is 0. The summed E-state index contributed by atoms with van der Waals surface area (Å²) in [4.78, 5) is 21.7. The molecule has 0 bridgehead atoms. The molecule has 0 spiro atoms. The average Bonchev–Trinajstić information content (AvgIpc) is 2.07. The van der Waals surface area contributed by atoms with Gasteiger partial charge in [0.25, 0.3) is 0 Å². The molecule has 0 radical (unpaired) electrons. The van der Waals surface area contributed by atoms with Crippen LogP contribution in [-0.4, -0.2) is 30.9 Å². The quantitative estimate of drug-likeness (QED) is 0.571. The minimum Gasteiger partial charge on any atom is -0.369 e. The molecule has 1 heterocycles. The number of nitrogens with two attached hydrogens (primary N) is 1.